The van der Waals surface area contributed by atoms with Crippen molar-refractivity contribution in [1.29, 1.82) is 0 Å². The van der Waals surface area contributed by atoms with Crippen molar-refractivity contribution in [3.63, 3.8) is 0 Å². The van der Waals surface area contributed by atoms with E-state index in [4.69, 9.17) is 8.94 Å². The number of thioether (sulfide) groups is 1. The highest BCUT2D eigenvalue weighted by Gasteiger charge is 2.12. The van der Waals surface area contributed by atoms with Crippen molar-refractivity contribution in [2.45, 2.75) is 30.7 Å². The average molecular weight is 394 g/mol. The maximum Gasteiger partial charge on any atom is 0.257 e. The van der Waals surface area contributed by atoms with Crippen LogP contribution in [0.2, 0.25) is 0 Å². The number of nitrogens with one attached hydrogen (secondary N) is 1. The number of oxazole rings is 1. The summed E-state index contributed by atoms with van der Waals surface area (Å²) in [7, 11) is 0. The molecule has 0 unspecified atom stereocenters. The molecule has 1 amide bonds. The van der Waals surface area contributed by atoms with E-state index < -0.39 is 0 Å². The Morgan fingerprint density at radius 2 is 1.93 bits per heavy atom. The van der Waals surface area contributed by atoms with Gasteiger partial charge in [0.15, 0.2) is 11.4 Å². The van der Waals surface area contributed by atoms with Gasteiger partial charge in [-0.15, -0.1) is 0 Å². The van der Waals surface area contributed by atoms with Gasteiger partial charge in [-0.05, 0) is 30.7 Å². The summed E-state index contributed by atoms with van der Waals surface area (Å²) in [5.74, 6) is 1.37. The van der Waals surface area contributed by atoms with E-state index in [1.807, 2.05) is 55.5 Å². The zero-order valence-electron chi connectivity index (χ0n) is 15.2. The van der Waals surface area contributed by atoms with Gasteiger partial charge >= 0.3 is 0 Å². The van der Waals surface area contributed by atoms with Gasteiger partial charge in [0.25, 0.3) is 5.22 Å². The first-order valence-electron chi connectivity index (χ1n) is 8.83. The predicted octanol–water partition coefficient (Wildman–Crippen LogP) is 4.38. The summed E-state index contributed by atoms with van der Waals surface area (Å²) in [6.45, 7) is 1.95. The molecule has 0 fully saturated rings. The smallest absolute Gasteiger partial charge is 0.257 e. The summed E-state index contributed by atoms with van der Waals surface area (Å²) in [6, 6.07) is 15.3. The van der Waals surface area contributed by atoms with Crippen LogP contribution < -0.4 is 5.32 Å². The molecule has 0 aliphatic heterocycles. The predicted molar refractivity (Wildman–Crippen MR) is 106 cm³/mol. The molecule has 0 saturated heterocycles. The van der Waals surface area contributed by atoms with Crippen LogP contribution in [0, 0.1) is 6.92 Å². The molecule has 0 saturated carbocycles. The minimum Gasteiger partial charge on any atom is -0.431 e. The van der Waals surface area contributed by atoms with Crippen molar-refractivity contribution in [1.82, 2.24) is 15.1 Å². The van der Waals surface area contributed by atoms with E-state index in [0.717, 1.165) is 22.4 Å². The van der Waals surface area contributed by atoms with Crippen LogP contribution in [0.4, 0.5) is 5.69 Å². The second-order valence-corrected chi connectivity index (χ2v) is 7.13. The molecule has 2 aromatic carbocycles. The maximum absolute atomic E-state index is 12.1. The molecular formula is C20H18N4O3S. The molecule has 142 valence electrons. The zero-order valence-corrected chi connectivity index (χ0v) is 16.0. The number of anilines is 1. The third kappa shape index (κ3) is 4.40. The van der Waals surface area contributed by atoms with Gasteiger partial charge in [-0.25, -0.2) is 4.98 Å². The van der Waals surface area contributed by atoms with Crippen LogP contribution in [0.3, 0.4) is 0 Å². The number of carbonyl (C=O) groups is 1. The number of rotatable bonds is 7. The molecule has 4 aromatic rings. The van der Waals surface area contributed by atoms with E-state index in [0.29, 0.717) is 29.1 Å². The van der Waals surface area contributed by atoms with Gasteiger partial charge in [0.2, 0.25) is 11.8 Å². The molecule has 0 aliphatic carbocycles. The van der Waals surface area contributed by atoms with E-state index in [1.54, 1.807) is 0 Å². The maximum atomic E-state index is 12.1. The number of fused-ring (bicyclic) bond motifs is 1. The van der Waals surface area contributed by atoms with Crippen molar-refractivity contribution in [2.24, 2.45) is 0 Å². The number of aryl methyl sites for hydroxylation is 2. The fourth-order valence-corrected chi connectivity index (χ4v) is 3.32. The molecule has 28 heavy (non-hydrogen) atoms. The molecule has 7 nitrogen and oxygen atoms in total. The summed E-state index contributed by atoms with van der Waals surface area (Å²) in [5, 5.41) is 7.41. The second kappa shape index (κ2) is 8.26. The highest BCUT2D eigenvalue weighted by Crippen LogP contribution is 2.25. The lowest BCUT2D eigenvalue weighted by atomic mass is 10.2. The number of amides is 1. The Kier molecular flexibility index (Phi) is 5.38. The van der Waals surface area contributed by atoms with Gasteiger partial charge in [0.1, 0.15) is 5.52 Å². The highest BCUT2D eigenvalue weighted by molar-refractivity contribution is 7.98. The van der Waals surface area contributed by atoms with Crippen LogP contribution in [0.5, 0.6) is 0 Å². The highest BCUT2D eigenvalue weighted by atomic mass is 32.2. The Balaban J connectivity index is 1.28. The van der Waals surface area contributed by atoms with Gasteiger partial charge in [-0.2, -0.15) is 4.98 Å². The van der Waals surface area contributed by atoms with Gasteiger partial charge < -0.3 is 14.3 Å². The minimum atomic E-state index is -0.0881. The van der Waals surface area contributed by atoms with Crippen LogP contribution in [0.1, 0.15) is 23.7 Å². The van der Waals surface area contributed by atoms with Gasteiger partial charge in [0.05, 0.1) is 5.75 Å². The van der Waals surface area contributed by atoms with Crippen LogP contribution >= 0.6 is 11.8 Å². The summed E-state index contributed by atoms with van der Waals surface area (Å²) in [4.78, 5) is 20.8. The molecule has 0 radical (unpaired) electrons. The third-order valence-electron chi connectivity index (χ3n) is 4.09. The molecule has 0 aliphatic rings. The van der Waals surface area contributed by atoms with Crippen LogP contribution in [0.25, 0.3) is 11.1 Å². The van der Waals surface area contributed by atoms with Crippen molar-refractivity contribution in [3.05, 3.63) is 65.8 Å². The standard InChI is InChI=1S/C20H18N4O3S/c1-13-6-2-3-7-14(13)21-18(25)10-11-19-23-17(24-27-19)12-28-20-22-15-8-4-5-9-16(15)26-20/h2-9H,10-12H2,1H3,(H,21,25). The van der Waals surface area contributed by atoms with Crippen molar-refractivity contribution in [3.8, 4) is 0 Å². The summed E-state index contributed by atoms with van der Waals surface area (Å²) >= 11 is 1.40. The molecule has 0 bridgehead atoms. The fraction of sp³-hybridized carbons (Fsp3) is 0.200. The topological polar surface area (TPSA) is 94.1 Å². The zero-order chi connectivity index (χ0) is 19.3. The quantitative estimate of drug-likeness (QED) is 0.465. The van der Waals surface area contributed by atoms with E-state index in [9.17, 15) is 4.79 Å². The number of aromatic nitrogens is 3. The summed E-state index contributed by atoms with van der Waals surface area (Å²) in [6.07, 6.45) is 0.659. The van der Waals surface area contributed by atoms with Crippen molar-refractivity contribution < 1.29 is 13.7 Å². The number of nitrogens with zero attached hydrogens (tertiary/aromatic N) is 3. The average Bonchev–Trinajstić information content (AvgIpc) is 3.33. The summed E-state index contributed by atoms with van der Waals surface area (Å²) in [5.41, 5.74) is 3.40. The number of carbonyl (C=O) groups excluding carboxylic acids is 1. The van der Waals surface area contributed by atoms with Crippen LogP contribution in [-0.2, 0) is 17.0 Å². The number of hydrogen-bond donors (Lipinski definition) is 1. The fourth-order valence-electron chi connectivity index (χ4n) is 2.64. The molecule has 8 heteroatoms. The lowest BCUT2D eigenvalue weighted by Gasteiger charge is -2.06. The Hall–Kier alpha value is -3.13. The van der Waals surface area contributed by atoms with Crippen LogP contribution in [-0.4, -0.2) is 21.0 Å². The van der Waals surface area contributed by atoms with Crippen LogP contribution in [0.15, 0.2) is 62.7 Å². The Morgan fingerprint density at radius 3 is 2.79 bits per heavy atom. The number of benzene rings is 2. The Bertz CT molecular complexity index is 1070. The SMILES string of the molecule is Cc1ccccc1NC(=O)CCc1nc(CSc2nc3ccccc3o2)no1. The Labute approximate surface area is 165 Å². The van der Waals surface area contributed by atoms with Gasteiger partial charge in [0, 0.05) is 18.5 Å². The first kappa shape index (κ1) is 18.2. The lowest BCUT2D eigenvalue weighted by molar-refractivity contribution is -0.116. The summed E-state index contributed by atoms with van der Waals surface area (Å²) < 4.78 is 10.9. The minimum absolute atomic E-state index is 0.0881. The first-order chi connectivity index (χ1) is 13.7. The number of para-hydroxylation sites is 3. The molecule has 2 aromatic heterocycles. The Morgan fingerprint density at radius 1 is 1.11 bits per heavy atom. The molecule has 4 rings (SSSR count). The first-order valence-corrected chi connectivity index (χ1v) is 9.81. The van der Waals surface area contributed by atoms with E-state index >= 15 is 0 Å². The van der Waals surface area contributed by atoms with Crippen molar-refractivity contribution >= 4 is 34.5 Å². The molecule has 1 N–H and O–H groups in total. The number of hydrogen-bond acceptors (Lipinski definition) is 7. The van der Waals surface area contributed by atoms with E-state index in [-0.39, 0.29) is 12.3 Å². The van der Waals surface area contributed by atoms with E-state index in [2.05, 4.69) is 20.4 Å². The normalized spacial score (nSPS) is 11.0. The van der Waals surface area contributed by atoms with Crippen molar-refractivity contribution in [2.75, 3.05) is 5.32 Å². The molecule has 0 atom stereocenters. The second-order valence-electron chi connectivity index (χ2n) is 6.20. The largest absolute Gasteiger partial charge is 0.431 e. The molecule has 2 heterocycles. The van der Waals surface area contributed by atoms with E-state index in [1.165, 1.54) is 11.8 Å². The van der Waals surface area contributed by atoms with Gasteiger partial charge in [-0.1, -0.05) is 47.3 Å². The lowest BCUT2D eigenvalue weighted by Crippen LogP contribution is -2.13. The molecule has 0 spiro atoms. The van der Waals surface area contributed by atoms with Gasteiger partial charge in [-0.3, -0.25) is 4.79 Å². The monoisotopic (exact) mass is 394 g/mol. The molecular weight excluding hydrogens is 376 g/mol. The third-order valence-corrected chi connectivity index (χ3v) is 4.92.